The first-order valence-corrected chi connectivity index (χ1v) is 21.8. The Labute approximate surface area is 395 Å². The highest BCUT2D eigenvalue weighted by Crippen LogP contribution is 2.58. The number of benzene rings is 2. The Morgan fingerprint density at radius 1 is 0.691 bits per heavy atom. The molecule has 26 heteroatoms. The second-order valence-electron chi connectivity index (χ2n) is 16.5. The summed E-state index contributed by atoms with van der Waals surface area (Å²) < 4.78 is 74.5. The summed E-state index contributed by atoms with van der Waals surface area (Å²) in [5.41, 5.74) is 2.18. The lowest BCUT2D eigenvalue weighted by molar-refractivity contribution is -0.0505. The van der Waals surface area contributed by atoms with Crippen LogP contribution in [0, 0.1) is 23.7 Å². The number of piperidine rings is 2. The number of imidazole rings is 2. The van der Waals surface area contributed by atoms with E-state index in [1.807, 2.05) is 6.07 Å². The third kappa shape index (κ3) is 9.54. The number of rotatable bonds is 11. The van der Waals surface area contributed by atoms with Gasteiger partial charge in [0.05, 0.1) is 12.7 Å². The first-order chi connectivity index (χ1) is 32.4. The molecule has 356 valence electrons. The molecular weight excluding hydrogens is 988 g/mol. The summed E-state index contributed by atoms with van der Waals surface area (Å²) in [4.78, 5) is 52.9. The van der Waals surface area contributed by atoms with Gasteiger partial charge in [0.2, 0.25) is 11.8 Å². The highest BCUT2D eigenvalue weighted by atomic mass is 79.9. The van der Waals surface area contributed by atoms with E-state index in [-0.39, 0.29) is 54.0 Å². The van der Waals surface area contributed by atoms with E-state index in [2.05, 4.69) is 75.8 Å². The SMILES string of the molecule is Cl.Cn1cnc2ncn(Cc3nc(C4[C@H]5CN(c6cccc(OC(F)F)c6)C[C@@H]45)no3)c(=O)c21.Cn1cnc2ncn(Cc3nc(C4[C@H]5CNC[C@@H]45)no3)c(=O)c21.FC(F)Oc1cccc(Br)c1. The lowest BCUT2D eigenvalue weighted by Crippen LogP contribution is -2.24. The van der Waals surface area contributed by atoms with Crippen LogP contribution in [0.25, 0.3) is 22.3 Å². The molecule has 6 atom stereocenters. The average Bonchev–Trinajstić information content (AvgIpc) is 3.86. The van der Waals surface area contributed by atoms with Crippen LogP contribution in [0.1, 0.15) is 35.3 Å². The molecule has 1 N–H and O–H groups in total. The van der Waals surface area contributed by atoms with Crippen molar-refractivity contribution in [3.05, 3.63) is 122 Å². The van der Waals surface area contributed by atoms with Crippen LogP contribution in [-0.2, 0) is 27.2 Å². The number of hydrogen-bond donors (Lipinski definition) is 1. The van der Waals surface area contributed by atoms with Gasteiger partial charge in [-0.1, -0.05) is 38.4 Å². The van der Waals surface area contributed by atoms with Gasteiger partial charge >= 0.3 is 13.2 Å². The average molecular weight is 1030 g/mol. The number of aryl methyl sites for hydroxylation is 2. The monoisotopic (exact) mass is 1030 g/mol. The Morgan fingerprint density at radius 3 is 1.66 bits per heavy atom. The van der Waals surface area contributed by atoms with Gasteiger partial charge < -0.3 is 37.9 Å². The summed E-state index contributed by atoms with van der Waals surface area (Å²) in [5, 5.41) is 11.6. The van der Waals surface area contributed by atoms with E-state index in [9.17, 15) is 27.2 Å². The van der Waals surface area contributed by atoms with Gasteiger partial charge in [-0.05, 0) is 67.1 Å². The van der Waals surface area contributed by atoms with Gasteiger partial charge in [-0.2, -0.15) is 27.5 Å². The molecule has 0 amide bonds. The molecule has 2 saturated heterocycles. The van der Waals surface area contributed by atoms with Gasteiger partial charge in [0.15, 0.2) is 34.0 Å². The van der Waals surface area contributed by atoms with E-state index in [1.165, 1.54) is 40.0 Å². The van der Waals surface area contributed by atoms with Crippen LogP contribution in [0.2, 0.25) is 0 Å². The standard InChI is InChI=1S/C21H19F2N7O3.C14H15N7O2.C7H5BrF2O.ClH/c1-28-9-24-19-17(28)20(31)30(10-25-19)8-15-26-18(27-33-15)16-13-6-29(7-14(13)16)11-3-2-4-12(5-11)32-21(22)23;1-20-5-16-13-11(20)14(22)21(6-17-13)4-9-18-12(19-23-9)10-7-2-15-3-8(7)10;8-5-2-1-3-6(4-5)11-7(9)10;/h2-5,9-10,13-14,16,21H,6-8H2,1H3;5-8,10,15H,2-4H2,1H3;1-4,7H;1H/t13-,14+,16?;7-,8+,10?;;. The molecule has 6 aromatic heterocycles. The lowest BCUT2D eigenvalue weighted by Gasteiger charge is -2.22. The Hall–Kier alpha value is -6.73. The molecule has 0 radical (unpaired) electrons. The number of halogens is 6. The number of aromatic nitrogens is 12. The van der Waals surface area contributed by atoms with Crippen molar-refractivity contribution in [1.82, 2.24) is 63.8 Å². The molecule has 8 heterocycles. The maximum Gasteiger partial charge on any atom is 0.387 e. The maximum atomic E-state index is 12.7. The molecule has 2 aromatic carbocycles. The van der Waals surface area contributed by atoms with Gasteiger partial charge in [0.25, 0.3) is 11.1 Å². The molecule has 4 aliphatic rings. The first-order valence-electron chi connectivity index (χ1n) is 21.0. The molecule has 2 saturated carbocycles. The molecule has 2 unspecified atom stereocenters. The lowest BCUT2D eigenvalue weighted by atomic mass is 10.2. The summed E-state index contributed by atoms with van der Waals surface area (Å²) in [6.45, 7) is -1.65. The van der Waals surface area contributed by atoms with Crippen molar-refractivity contribution in [3.63, 3.8) is 0 Å². The van der Waals surface area contributed by atoms with Crippen molar-refractivity contribution >= 4 is 56.4 Å². The molecule has 8 aromatic rings. The Kier molecular flexibility index (Phi) is 13.0. The number of anilines is 1. The molecule has 20 nitrogen and oxygen atoms in total. The van der Waals surface area contributed by atoms with Gasteiger partial charge in [-0.3, -0.25) is 18.7 Å². The van der Waals surface area contributed by atoms with E-state index in [0.717, 1.165) is 42.2 Å². The summed E-state index contributed by atoms with van der Waals surface area (Å²) in [6.07, 6.45) is 6.02. The van der Waals surface area contributed by atoms with Crippen LogP contribution in [0.5, 0.6) is 11.5 Å². The Morgan fingerprint density at radius 2 is 1.16 bits per heavy atom. The number of fused-ring (bicyclic) bond motifs is 4. The van der Waals surface area contributed by atoms with Crippen LogP contribution in [0.15, 0.2) is 96.9 Å². The second-order valence-corrected chi connectivity index (χ2v) is 17.4. The molecular formula is C42H40BrClF4N14O6. The number of nitrogens with zero attached hydrogens (tertiary/aromatic N) is 13. The van der Waals surface area contributed by atoms with Crippen molar-refractivity contribution in [2.75, 3.05) is 31.1 Å². The minimum absolute atomic E-state index is 0. The Bertz CT molecular complexity index is 3180. The minimum Gasteiger partial charge on any atom is -0.435 e. The summed E-state index contributed by atoms with van der Waals surface area (Å²) in [6, 6.07) is 13.0. The summed E-state index contributed by atoms with van der Waals surface area (Å²) in [5.74, 6) is 5.08. The fourth-order valence-electron chi connectivity index (χ4n) is 9.02. The zero-order valence-corrected chi connectivity index (χ0v) is 38.3. The van der Waals surface area contributed by atoms with E-state index in [0.29, 0.717) is 69.5 Å². The largest absolute Gasteiger partial charge is 0.435 e. The molecule has 4 fully saturated rings. The third-order valence-corrected chi connectivity index (χ3v) is 12.8. The van der Waals surface area contributed by atoms with Crippen LogP contribution < -0.4 is 30.8 Å². The van der Waals surface area contributed by atoms with Gasteiger partial charge in [-0.15, -0.1) is 12.4 Å². The van der Waals surface area contributed by atoms with Crippen LogP contribution >= 0.6 is 28.3 Å². The van der Waals surface area contributed by atoms with Crippen molar-refractivity contribution in [1.29, 1.82) is 0 Å². The number of ether oxygens (including phenoxy) is 2. The molecule has 0 spiro atoms. The van der Waals surface area contributed by atoms with Gasteiger partial charge in [0, 0.05) is 55.2 Å². The molecule has 2 aliphatic heterocycles. The predicted octanol–water partition coefficient (Wildman–Crippen LogP) is 4.98. The molecule has 0 bridgehead atoms. The van der Waals surface area contributed by atoms with Crippen molar-refractivity contribution in [3.8, 4) is 11.5 Å². The predicted molar refractivity (Wildman–Crippen MR) is 238 cm³/mol. The summed E-state index contributed by atoms with van der Waals surface area (Å²) in [7, 11) is 3.51. The highest BCUT2D eigenvalue weighted by Gasteiger charge is 2.59. The van der Waals surface area contributed by atoms with Gasteiger partial charge in [0.1, 0.15) is 37.2 Å². The van der Waals surface area contributed by atoms with E-state index >= 15 is 0 Å². The van der Waals surface area contributed by atoms with E-state index in [4.69, 9.17) is 9.05 Å². The quantitative estimate of drug-likeness (QED) is 0.169. The van der Waals surface area contributed by atoms with Crippen molar-refractivity contribution < 1.29 is 36.1 Å². The van der Waals surface area contributed by atoms with Crippen molar-refractivity contribution in [2.24, 2.45) is 37.8 Å². The van der Waals surface area contributed by atoms with Crippen molar-refractivity contribution in [2.45, 2.75) is 38.1 Å². The second kappa shape index (κ2) is 19.1. The number of nitrogens with one attached hydrogen (secondary N) is 1. The molecule has 2 aliphatic carbocycles. The number of hydrogen-bond acceptors (Lipinski definition) is 16. The minimum atomic E-state index is -2.85. The molecule has 12 rings (SSSR count). The van der Waals surface area contributed by atoms with Crippen LogP contribution in [-0.4, -0.2) is 97.9 Å². The summed E-state index contributed by atoms with van der Waals surface area (Å²) >= 11 is 3.13. The highest BCUT2D eigenvalue weighted by molar-refractivity contribution is 9.10. The van der Waals surface area contributed by atoms with E-state index < -0.39 is 13.2 Å². The third-order valence-electron chi connectivity index (χ3n) is 12.3. The van der Waals surface area contributed by atoms with Gasteiger partial charge in [-0.25, -0.2) is 19.9 Å². The topological polar surface area (TPSA) is 217 Å². The fraction of sp³-hybridized carbons (Fsp3) is 0.381. The Balaban J connectivity index is 0.000000143. The zero-order valence-electron chi connectivity index (χ0n) is 35.9. The van der Waals surface area contributed by atoms with E-state index in [1.54, 1.807) is 60.1 Å². The maximum absolute atomic E-state index is 12.7. The zero-order chi connectivity index (χ0) is 46.5. The normalized spacial score (nSPS) is 20.9. The van der Waals surface area contributed by atoms with Crippen LogP contribution in [0.4, 0.5) is 23.2 Å². The number of alkyl halides is 4. The first kappa shape index (κ1) is 46.4. The molecule has 68 heavy (non-hydrogen) atoms. The smallest absolute Gasteiger partial charge is 0.387 e. The fourth-order valence-corrected chi connectivity index (χ4v) is 9.39. The van der Waals surface area contributed by atoms with Crippen LogP contribution in [0.3, 0.4) is 0 Å².